The van der Waals surface area contributed by atoms with E-state index in [0.717, 1.165) is 5.92 Å². The lowest BCUT2D eigenvalue weighted by atomic mass is 9.69. The smallest absolute Gasteiger partial charge is 0.236 e. The molecule has 2 bridgehead atoms. The summed E-state index contributed by atoms with van der Waals surface area (Å²) in [5.41, 5.74) is 0.757. The first-order chi connectivity index (χ1) is 7.83. The minimum atomic E-state index is -0.0861. The number of carbonyl (C=O) groups is 1. The predicted molar refractivity (Wildman–Crippen MR) is 69.7 cm³/mol. The Labute approximate surface area is 105 Å². The fourth-order valence-electron chi connectivity index (χ4n) is 4.05. The highest BCUT2D eigenvalue weighted by Gasteiger charge is 2.61. The molecule has 0 aromatic heterocycles. The molecule has 17 heavy (non-hydrogen) atoms. The first-order valence-corrected chi connectivity index (χ1v) is 6.80. The van der Waals surface area contributed by atoms with Crippen molar-refractivity contribution >= 4 is 5.91 Å². The van der Waals surface area contributed by atoms with Crippen LogP contribution in [0.5, 0.6) is 0 Å². The standard InChI is InChI=1S/C14H26N2O/c1-9(12(17)15-5)16-11-8-10-6-7-14(11,4)13(10,2)3/h9-11,16H,6-8H2,1-5H3,(H,15,17). The van der Waals surface area contributed by atoms with E-state index in [1.807, 2.05) is 6.92 Å². The van der Waals surface area contributed by atoms with Crippen molar-refractivity contribution in [2.45, 2.75) is 59.0 Å². The molecule has 2 N–H and O–H groups in total. The second-order valence-corrected chi connectivity index (χ2v) is 6.67. The number of nitrogens with one attached hydrogen (secondary N) is 2. The molecule has 2 fully saturated rings. The zero-order valence-corrected chi connectivity index (χ0v) is 11.8. The normalized spacial score (nSPS) is 40.3. The first-order valence-electron chi connectivity index (χ1n) is 6.80. The Morgan fingerprint density at radius 2 is 2.00 bits per heavy atom. The van der Waals surface area contributed by atoms with Crippen LogP contribution in [0.2, 0.25) is 0 Å². The second-order valence-electron chi connectivity index (χ2n) is 6.67. The van der Waals surface area contributed by atoms with Gasteiger partial charge in [0, 0.05) is 13.1 Å². The van der Waals surface area contributed by atoms with Crippen molar-refractivity contribution in [3.63, 3.8) is 0 Å². The molecular formula is C14H26N2O. The maximum absolute atomic E-state index is 11.6. The lowest BCUT2D eigenvalue weighted by Gasteiger charge is -2.40. The third-order valence-corrected chi connectivity index (χ3v) is 5.88. The van der Waals surface area contributed by atoms with Crippen LogP contribution in [0.15, 0.2) is 0 Å². The van der Waals surface area contributed by atoms with Gasteiger partial charge in [-0.25, -0.2) is 0 Å². The molecule has 1 amide bonds. The van der Waals surface area contributed by atoms with Gasteiger partial charge in [0.25, 0.3) is 0 Å². The molecule has 0 aromatic carbocycles. The van der Waals surface area contributed by atoms with E-state index < -0.39 is 0 Å². The van der Waals surface area contributed by atoms with E-state index in [0.29, 0.717) is 16.9 Å². The Bertz CT molecular complexity index is 326. The lowest BCUT2D eigenvalue weighted by Crippen LogP contribution is -2.51. The quantitative estimate of drug-likeness (QED) is 0.789. The van der Waals surface area contributed by atoms with E-state index >= 15 is 0 Å². The minimum absolute atomic E-state index is 0.0861. The number of carbonyl (C=O) groups excluding carboxylic acids is 1. The van der Waals surface area contributed by atoms with E-state index in [1.54, 1.807) is 7.05 Å². The molecule has 0 aliphatic heterocycles. The molecule has 0 radical (unpaired) electrons. The number of hydrogen-bond donors (Lipinski definition) is 2. The van der Waals surface area contributed by atoms with Crippen LogP contribution in [0.25, 0.3) is 0 Å². The fourth-order valence-corrected chi connectivity index (χ4v) is 4.05. The summed E-state index contributed by atoms with van der Waals surface area (Å²) in [6.45, 7) is 9.16. The van der Waals surface area contributed by atoms with Gasteiger partial charge in [-0.2, -0.15) is 0 Å². The average molecular weight is 238 g/mol. The average Bonchev–Trinajstić information content (AvgIpc) is 2.60. The van der Waals surface area contributed by atoms with Gasteiger partial charge in [0.2, 0.25) is 5.91 Å². The van der Waals surface area contributed by atoms with Crippen molar-refractivity contribution in [3.05, 3.63) is 0 Å². The zero-order chi connectivity index (χ0) is 12.8. The molecular weight excluding hydrogens is 212 g/mol. The van der Waals surface area contributed by atoms with Crippen molar-refractivity contribution in [3.8, 4) is 0 Å². The van der Waals surface area contributed by atoms with Crippen LogP contribution in [-0.4, -0.2) is 25.0 Å². The monoisotopic (exact) mass is 238 g/mol. The minimum Gasteiger partial charge on any atom is -0.358 e. The maximum Gasteiger partial charge on any atom is 0.236 e. The Hall–Kier alpha value is -0.570. The molecule has 2 rings (SSSR count). The highest BCUT2D eigenvalue weighted by atomic mass is 16.2. The van der Waals surface area contributed by atoms with Gasteiger partial charge in [-0.05, 0) is 42.9 Å². The Morgan fingerprint density at radius 3 is 2.41 bits per heavy atom. The molecule has 4 unspecified atom stereocenters. The van der Waals surface area contributed by atoms with Gasteiger partial charge >= 0.3 is 0 Å². The largest absolute Gasteiger partial charge is 0.358 e. The summed E-state index contributed by atoms with van der Waals surface area (Å²) in [7, 11) is 1.70. The molecule has 2 aliphatic rings. The van der Waals surface area contributed by atoms with E-state index in [4.69, 9.17) is 0 Å². The summed E-state index contributed by atoms with van der Waals surface area (Å²) in [5.74, 6) is 0.913. The van der Waals surface area contributed by atoms with Gasteiger partial charge in [-0.3, -0.25) is 4.79 Å². The van der Waals surface area contributed by atoms with E-state index in [9.17, 15) is 4.79 Å². The molecule has 2 aliphatic carbocycles. The molecule has 4 atom stereocenters. The number of hydrogen-bond acceptors (Lipinski definition) is 2. The Kier molecular flexibility index (Phi) is 3.01. The highest BCUT2D eigenvalue weighted by Crippen LogP contribution is 2.65. The molecule has 3 heteroatoms. The SMILES string of the molecule is CNC(=O)C(C)NC1CC2CCC1(C)C2(C)C. The van der Waals surface area contributed by atoms with Gasteiger partial charge in [0.05, 0.1) is 6.04 Å². The van der Waals surface area contributed by atoms with Crippen molar-refractivity contribution in [1.29, 1.82) is 0 Å². The topological polar surface area (TPSA) is 41.1 Å². The molecule has 3 nitrogen and oxygen atoms in total. The summed E-state index contributed by atoms with van der Waals surface area (Å²) in [5, 5.41) is 6.26. The number of likely N-dealkylation sites (N-methyl/N-ethyl adjacent to an activating group) is 1. The van der Waals surface area contributed by atoms with Gasteiger partial charge in [0.1, 0.15) is 0 Å². The third kappa shape index (κ3) is 1.70. The van der Waals surface area contributed by atoms with E-state index in [-0.39, 0.29) is 11.9 Å². The van der Waals surface area contributed by atoms with Gasteiger partial charge in [-0.1, -0.05) is 20.8 Å². The number of fused-ring (bicyclic) bond motifs is 2. The Morgan fingerprint density at radius 1 is 1.35 bits per heavy atom. The molecule has 0 aromatic rings. The van der Waals surface area contributed by atoms with Crippen LogP contribution in [0.4, 0.5) is 0 Å². The van der Waals surface area contributed by atoms with Crippen LogP contribution in [0, 0.1) is 16.7 Å². The maximum atomic E-state index is 11.6. The van der Waals surface area contributed by atoms with E-state index in [2.05, 4.69) is 31.4 Å². The molecule has 0 spiro atoms. The van der Waals surface area contributed by atoms with Crippen LogP contribution in [0.1, 0.15) is 47.0 Å². The van der Waals surface area contributed by atoms with E-state index in [1.165, 1.54) is 19.3 Å². The molecule has 0 heterocycles. The summed E-state index contributed by atoms with van der Waals surface area (Å²) < 4.78 is 0. The number of rotatable bonds is 3. The molecule has 2 saturated carbocycles. The van der Waals surface area contributed by atoms with Crippen LogP contribution < -0.4 is 10.6 Å². The zero-order valence-electron chi connectivity index (χ0n) is 11.8. The van der Waals surface area contributed by atoms with Crippen molar-refractivity contribution in [2.75, 3.05) is 7.05 Å². The van der Waals surface area contributed by atoms with Crippen molar-refractivity contribution in [2.24, 2.45) is 16.7 Å². The van der Waals surface area contributed by atoms with Gasteiger partial charge in [-0.15, -0.1) is 0 Å². The van der Waals surface area contributed by atoms with Crippen molar-refractivity contribution in [1.82, 2.24) is 10.6 Å². The lowest BCUT2D eigenvalue weighted by molar-refractivity contribution is -0.122. The van der Waals surface area contributed by atoms with Crippen molar-refractivity contribution < 1.29 is 4.79 Å². The summed E-state index contributed by atoms with van der Waals surface area (Å²) in [6, 6.07) is 0.403. The second kappa shape index (κ2) is 3.98. The summed E-state index contributed by atoms with van der Waals surface area (Å²) in [4.78, 5) is 11.6. The molecule has 0 saturated heterocycles. The van der Waals surface area contributed by atoms with Crippen LogP contribution in [-0.2, 0) is 4.79 Å². The number of amides is 1. The van der Waals surface area contributed by atoms with Gasteiger partial charge < -0.3 is 10.6 Å². The summed E-state index contributed by atoms with van der Waals surface area (Å²) >= 11 is 0. The predicted octanol–water partition coefficient (Wildman–Crippen LogP) is 1.93. The third-order valence-electron chi connectivity index (χ3n) is 5.88. The van der Waals surface area contributed by atoms with Crippen LogP contribution >= 0.6 is 0 Å². The molecule has 98 valence electrons. The highest BCUT2D eigenvalue weighted by molar-refractivity contribution is 5.81. The van der Waals surface area contributed by atoms with Gasteiger partial charge in [0.15, 0.2) is 0 Å². The first kappa shape index (κ1) is 12.9. The fraction of sp³-hybridized carbons (Fsp3) is 0.929. The summed E-state index contributed by atoms with van der Waals surface area (Å²) in [6.07, 6.45) is 3.88. The van der Waals surface area contributed by atoms with Crippen LogP contribution in [0.3, 0.4) is 0 Å². The Balaban J connectivity index is 2.08.